The molecule has 0 aromatic heterocycles. The smallest absolute Gasteiger partial charge is 0.225 e. The Morgan fingerprint density at radius 2 is 1.93 bits per heavy atom. The first kappa shape index (κ1) is 19.8. The van der Waals surface area contributed by atoms with E-state index in [1.807, 2.05) is 28.0 Å². The zero-order valence-corrected chi connectivity index (χ0v) is 16.0. The fourth-order valence-corrected chi connectivity index (χ4v) is 4.28. The van der Waals surface area contributed by atoms with E-state index in [1.54, 1.807) is 0 Å². The molecule has 2 saturated heterocycles. The number of carbonyl (C=O) groups is 2. The van der Waals surface area contributed by atoms with E-state index in [0.717, 1.165) is 38.8 Å². The van der Waals surface area contributed by atoms with E-state index in [0.29, 0.717) is 19.5 Å². The second kappa shape index (κ2) is 8.85. The van der Waals surface area contributed by atoms with Crippen LogP contribution in [0.25, 0.3) is 0 Å². The number of nitrogens with zero attached hydrogens (tertiary/aromatic N) is 2. The predicted octanol–water partition coefficient (Wildman–Crippen LogP) is 1.17. The van der Waals surface area contributed by atoms with Crippen LogP contribution in [-0.2, 0) is 16.0 Å². The Morgan fingerprint density at radius 1 is 1.22 bits per heavy atom. The highest BCUT2D eigenvalue weighted by atomic mass is 16.3. The van der Waals surface area contributed by atoms with Gasteiger partial charge < -0.3 is 20.6 Å². The van der Waals surface area contributed by atoms with Crippen LogP contribution in [0.1, 0.15) is 37.7 Å². The number of hydrogen-bond acceptors (Lipinski definition) is 4. The van der Waals surface area contributed by atoms with Crippen LogP contribution in [0.2, 0.25) is 0 Å². The molecule has 1 unspecified atom stereocenters. The molecule has 2 amide bonds. The number of hydrogen-bond donors (Lipinski definition) is 2. The molecule has 2 fully saturated rings. The Kier molecular flexibility index (Phi) is 6.50. The molecule has 1 aromatic rings. The second-order valence-electron chi connectivity index (χ2n) is 8.06. The summed E-state index contributed by atoms with van der Waals surface area (Å²) < 4.78 is 0. The largest absolute Gasteiger partial charge is 0.391 e. The summed E-state index contributed by atoms with van der Waals surface area (Å²) in [5, 5.41) is 9.57. The lowest BCUT2D eigenvalue weighted by Crippen LogP contribution is -2.45. The van der Waals surface area contributed by atoms with Gasteiger partial charge in [0.15, 0.2) is 0 Å². The monoisotopic (exact) mass is 373 g/mol. The van der Waals surface area contributed by atoms with Crippen molar-refractivity contribution in [3.8, 4) is 0 Å². The normalized spacial score (nSPS) is 20.3. The van der Waals surface area contributed by atoms with Gasteiger partial charge in [0.2, 0.25) is 11.8 Å². The molecule has 1 atom stereocenters. The Morgan fingerprint density at radius 3 is 2.59 bits per heavy atom. The van der Waals surface area contributed by atoms with E-state index in [1.165, 1.54) is 5.56 Å². The quantitative estimate of drug-likeness (QED) is 0.751. The van der Waals surface area contributed by atoms with E-state index < -0.39 is 6.10 Å². The zero-order chi connectivity index (χ0) is 19.3. The van der Waals surface area contributed by atoms with Gasteiger partial charge in [0.05, 0.1) is 12.5 Å². The molecule has 6 heteroatoms. The van der Waals surface area contributed by atoms with Crippen molar-refractivity contribution in [2.24, 2.45) is 11.1 Å². The summed E-state index contributed by atoms with van der Waals surface area (Å²) in [6.07, 6.45) is 3.62. The van der Waals surface area contributed by atoms with E-state index in [9.17, 15) is 14.7 Å². The van der Waals surface area contributed by atoms with Crippen LogP contribution in [0.15, 0.2) is 30.3 Å². The SMILES string of the molecule is NCC(O)CC(=O)N1CCC2(CC1)CC(=O)N(CCCc1ccccc1)C2. The highest BCUT2D eigenvalue weighted by molar-refractivity contribution is 5.80. The first-order valence-electron chi connectivity index (χ1n) is 9.99. The summed E-state index contributed by atoms with van der Waals surface area (Å²) in [6, 6.07) is 10.4. The highest BCUT2D eigenvalue weighted by Gasteiger charge is 2.45. The molecule has 2 heterocycles. The van der Waals surface area contributed by atoms with Gasteiger partial charge in [-0.2, -0.15) is 0 Å². The minimum Gasteiger partial charge on any atom is -0.391 e. The molecule has 2 aliphatic rings. The molecular weight excluding hydrogens is 342 g/mol. The highest BCUT2D eigenvalue weighted by Crippen LogP contribution is 2.41. The van der Waals surface area contributed by atoms with Crippen LogP contribution in [0.4, 0.5) is 0 Å². The summed E-state index contributed by atoms with van der Waals surface area (Å²) in [5.74, 6) is 0.216. The zero-order valence-electron chi connectivity index (χ0n) is 16.0. The van der Waals surface area contributed by atoms with Gasteiger partial charge >= 0.3 is 0 Å². The summed E-state index contributed by atoms with van der Waals surface area (Å²) in [4.78, 5) is 28.5. The van der Waals surface area contributed by atoms with Crippen LogP contribution in [0, 0.1) is 5.41 Å². The number of amides is 2. The van der Waals surface area contributed by atoms with Gasteiger partial charge in [0.25, 0.3) is 0 Å². The molecule has 0 aliphatic carbocycles. The van der Waals surface area contributed by atoms with Crippen LogP contribution >= 0.6 is 0 Å². The van der Waals surface area contributed by atoms with Crippen molar-refractivity contribution in [3.63, 3.8) is 0 Å². The molecule has 2 aliphatic heterocycles. The third-order valence-electron chi connectivity index (χ3n) is 6.00. The third-order valence-corrected chi connectivity index (χ3v) is 6.00. The van der Waals surface area contributed by atoms with Gasteiger partial charge in [-0.05, 0) is 31.2 Å². The van der Waals surface area contributed by atoms with Crippen molar-refractivity contribution in [2.45, 2.75) is 44.6 Å². The standard InChI is InChI=1S/C21H31N3O3/c22-15-18(25)13-19(26)23-11-8-21(9-12-23)14-20(27)24(16-21)10-4-7-17-5-2-1-3-6-17/h1-3,5-6,18,25H,4,7-16,22H2. The van der Waals surface area contributed by atoms with Crippen LogP contribution in [0.3, 0.4) is 0 Å². The Hall–Kier alpha value is -1.92. The molecule has 3 N–H and O–H groups in total. The molecular formula is C21H31N3O3. The topological polar surface area (TPSA) is 86.9 Å². The lowest BCUT2D eigenvalue weighted by Gasteiger charge is -2.39. The van der Waals surface area contributed by atoms with Gasteiger partial charge in [0.1, 0.15) is 0 Å². The number of carbonyl (C=O) groups excluding carboxylic acids is 2. The molecule has 0 radical (unpaired) electrons. The molecule has 148 valence electrons. The Labute approximate surface area is 161 Å². The Bertz CT molecular complexity index is 641. The third kappa shape index (κ3) is 5.08. The summed E-state index contributed by atoms with van der Waals surface area (Å²) in [5.41, 5.74) is 6.72. The number of aryl methyl sites for hydroxylation is 1. The maximum absolute atomic E-state index is 12.5. The first-order valence-corrected chi connectivity index (χ1v) is 9.99. The van der Waals surface area contributed by atoms with E-state index in [2.05, 4.69) is 12.1 Å². The Balaban J connectivity index is 1.45. The average Bonchev–Trinajstić information content (AvgIpc) is 2.98. The summed E-state index contributed by atoms with van der Waals surface area (Å²) in [6.45, 7) is 3.06. The maximum Gasteiger partial charge on any atom is 0.225 e. The van der Waals surface area contributed by atoms with Gasteiger partial charge in [-0.25, -0.2) is 0 Å². The summed E-state index contributed by atoms with van der Waals surface area (Å²) in [7, 11) is 0. The fourth-order valence-electron chi connectivity index (χ4n) is 4.28. The van der Waals surface area contributed by atoms with Crippen molar-refractivity contribution in [3.05, 3.63) is 35.9 Å². The molecule has 6 nitrogen and oxygen atoms in total. The number of benzene rings is 1. The van der Waals surface area contributed by atoms with E-state index >= 15 is 0 Å². The lowest BCUT2D eigenvalue weighted by molar-refractivity contribution is -0.135. The minimum atomic E-state index is -0.762. The molecule has 0 bridgehead atoms. The average molecular weight is 373 g/mol. The molecule has 1 spiro atoms. The maximum atomic E-state index is 12.5. The van der Waals surface area contributed by atoms with Crippen molar-refractivity contribution < 1.29 is 14.7 Å². The number of aliphatic hydroxyl groups excluding tert-OH is 1. The van der Waals surface area contributed by atoms with Crippen molar-refractivity contribution in [2.75, 3.05) is 32.7 Å². The minimum absolute atomic E-state index is 0.0209. The number of nitrogens with two attached hydrogens (primary N) is 1. The van der Waals surface area contributed by atoms with Crippen molar-refractivity contribution in [1.82, 2.24) is 9.80 Å². The number of piperidine rings is 1. The predicted molar refractivity (Wildman–Crippen MR) is 104 cm³/mol. The van der Waals surface area contributed by atoms with Gasteiger partial charge in [-0.3, -0.25) is 9.59 Å². The second-order valence-corrected chi connectivity index (χ2v) is 8.06. The molecule has 3 rings (SSSR count). The fraction of sp³-hybridized carbons (Fsp3) is 0.619. The molecule has 0 saturated carbocycles. The van der Waals surface area contributed by atoms with Crippen molar-refractivity contribution in [1.29, 1.82) is 0 Å². The molecule has 27 heavy (non-hydrogen) atoms. The van der Waals surface area contributed by atoms with Crippen LogP contribution in [-0.4, -0.2) is 65.5 Å². The van der Waals surface area contributed by atoms with Gasteiger partial charge in [-0.15, -0.1) is 0 Å². The molecule has 1 aromatic carbocycles. The van der Waals surface area contributed by atoms with Gasteiger partial charge in [0, 0.05) is 44.6 Å². The number of rotatable bonds is 7. The number of likely N-dealkylation sites (tertiary alicyclic amines) is 2. The van der Waals surface area contributed by atoms with E-state index in [-0.39, 0.29) is 30.2 Å². The van der Waals surface area contributed by atoms with Gasteiger partial charge in [-0.1, -0.05) is 30.3 Å². The summed E-state index contributed by atoms with van der Waals surface area (Å²) >= 11 is 0. The van der Waals surface area contributed by atoms with E-state index in [4.69, 9.17) is 5.73 Å². The van der Waals surface area contributed by atoms with Crippen LogP contribution < -0.4 is 5.73 Å². The number of aliphatic hydroxyl groups is 1. The van der Waals surface area contributed by atoms with Crippen LogP contribution in [0.5, 0.6) is 0 Å². The first-order chi connectivity index (χ1) is 13.0. The van der Waals surface area contributed by atoms with Crippen molar-refractivity contribution >= 4 is 11.8 Å². The lowest BCUT2D eigenvalue weighted by atomic mass is 9.77.